The summed E-state index contributed by atoms with van der Waals surface area (Å²) in [6.07, 6.45) is 5.95. The fourth-order valence-corrected chi connectivity index (χ4v) is 1.71. The van der Waals surface area contributed by atoms with Gasteiger partial charge in [0.2, 0.25) is 0 Å². The molecule has 0 saturated carbocycles. The smallest absolute Gasteiger partial charge is 0.404 e. The second-order valence-electron chi connectivity index (χ2n) is 5.63. The van der Waals surface area contributed by atoms with Crippen molar-refractivity contribution < 1.29 is 9.53 Å². The number of nitrogens with two attached hydrogens (primary N) is 1. The Morgan fingerprint density at radius 1 is 1.25 bits per heavy atom. The van der Waals surface area contributed by atoms with E-state index in [9.17, 15) is 4.79 Å². The first-order valence-electron chi connectivity index (χ1n) is 6.31. The minimum atomic E-state index is -0.651. The lowest BCUT2D eigenvalue weighted by Crippen LogP contribution is -2.22. The molecule has 0 radical (unpaired) electrons. The molecule has 0 bridgehead atoms. The summed E-state index contributed by atoms with van der Waals surface area (Å²) in [5.74, 6) is 0. The Labute approximate surface area is 99.7 Å². The largest absolute Gasteiger partial charge is 0.446 e. The molecule has 1 amide bonds. The van der Waals surface area contributed by atoms with Crippen LogP contribution in [0.25, 0.3) is 0 Å². The third-order valence-corrected chi connectivity index (χ3v) is 2.69. The Kier molecular flexibility index (Phi) is 7.18. The van der Waals surface area contributed by atoms with Gasteiger partial charge in [0.25, 0.3) is 0 Å². The molecule has 0 spiro atoms. The van der Waals surface area contributed by atoms with E-state index in [1.54, 1.807) is 0 Å². The number of amides is 1. The van der Waals surface area contributed by atoms with E-state index in [2.05, 4.69) is 20.8 Å². The van der Waals surface area contributed by atoms with Crippen LogP contribution in [-0.4, -0.2) is 12.2 Å². The standard InChI is InChI=1S/C13H27NO2/c1-5-11(16-12(14)15)9-7-6-8-10-13(2,3)4/h11H,5-10H2,1-4H3,(H2,14,15). The SMILES string of the molecule is CCC(CCCCCC(C)(C)C)OC(N)=O. The molecule has 0 aliphatic heterocycles. The molecule has 0 aliphatic carbocycles. The number of carbonyl (C=O) groups is 1. The van der Waals surface area contributed by atoms with Crippen LogP contribution in [0.5, 0.6) is 0 Å². The molecule has 1 atom stereocenters. The van der Waals surface area contributed by atoms with Gasteiger partial charge in [-0.2, -0.15) is 0 Å². The summed E-state index contributed by atoms with van der Waals surface area (Å²) in [5.41, 5.74) is 5.42. The lowest BCUT2D eigenvalue weighted by molar-refractivity contribution is 0.0968. The molecule has 3 heteroatoms. The van der Waals surface area contributed by atoms with E-state index in [1.165, 1.54) is 19.3 Å². The summed E-state index contributed by atoms with van der Waals surface area (Å²) in [6, 6.07) is 0. The van der Waals surface area contributed by atoms with Crippen LogP contribution < -0.4 is 5.73 Å². The fraction of sp³-hybridized carbons (Fsp3) is 0.923. The monoisotopic (exact) mass is 229 g/mol. The Morgan fingerprint density at radius 2 is 1.88 bits per heavy atom. The average molecular weight is 229 g/mol. The van der Waals surface area contributed by atoms with Gasteiger partial charge in [-0.25, -0.2) is 4.79 Å². The lowest BCUT2D eigenvalue weighted by Gasteiger charge is -2.18. The van der Waals surface area contributed by atoms with Gasteiger partial charge in [0, 0.05) is 0 Å². The highest BCUT2D eigenvalue weighted by atomic mass is 16.6. The van der Waals surface area contributed by atoms with Crippen molar-refractivity contribution in [3.05, 3.63) is 0 Å². The summed E-state index contributed by atoms with van der Waals surface area (Å²) in [4.78, 5) is 10.6. The Bertz CT molecular complexity index is 197. The van der Waals surface area contributed by atoms with E-state index in [0.29, 0.717) is 5.41 Å². The van der Waals surface area contributed by atoms with Crippen LogP contribution in [0, 0.1) is 5.41 Å². The summed E-state index contributed by atoms with van der Waals surface area (Å²) >= 11 is 0. The van der Waals surface area contributed by atoms with Crippen LogP contribution in [0.15, 0.2) is 0 Å². The van der Waals surface area contributed by atoms with Crippen molar-refractivity contribution in [1.82, 2.24) is 0 Å². The topological polar surface area (TPSA) is 52.3 Å². The summed E-state index contributed by atoms with van der Waals surface area (Å²) in [6.45, 7) is 8.80. The van der Waals surface area contributed by atoms with E-state index < -0.39 is 6.09 Å². The van der Waals surface area contributed by atoms with E-state index in [-0.39, 0.29) is 6.10 Å². The van der Waals surface area contributed by atoms with Crippen molar-refractivity contribution in [1.29, 1.82) is 0 Å². The fourth-order valence-electron chi connectivity index (χ4n) is 1.71. The molecule has 0 aromatic heterocycles. The number of carbonyl (C=O) groups excluding carboxylic acids is 1. The molecule has 0 aromatic rings. The maximum atomic E-state index is 10.6. The maximum Gasteiger partial charge on any atom is 0.404 e. The summed E-state index contributed by atoms with van der Waals surface area (Å²) < 4.78 is 4.99. The third kappa shape index (κ3) is 9.81. The molecule has 0 rings (SSSR count). The second-order valence-corrected chi connectivity index (χ2v) is 5.63. The minimum absolute atomic E-state index is 0.00661. The first-order valence-corrected chi connectivity index (χ1v) is 6.31. The van der Waals surface area contributed by atoms with E-state index in [4.69, 9.17) is 10.5 Å². The van der Waals surface area contributed by atoms with Crippen molar-refractivity contribution in [3.63, 3.8) is 0 Å². The van der Waals surface area contributed by atoms with Crippen LogP contribution in [0.1, 0.15) is 66.2 Å². The molecule has 16 heavy (non-hydrogen) atoms. The van der Waals surface area contributed by atoms with Crippen molar-refractivity contribution >= 4 is 6.09 Å². The molecule has 2 N–H and O–H groups in total. The first kappa shape index (κ1) is 15.3. The number of ether oxygens (including phenoxy) is 1. The minimum Gasteiger partial charge on any atom is -0.446 e. The highest BCUT2D eigenvalue weighted by Crippen LogP contribution is 2.22. The van der Waals surface area contributed by atoms with Crippen LogP contribution in [0.2, 0.25) is 0 Å². The predicted octanol–water partition coefficient (Wildman–Crippen LogP) is 3.86. The molecule has 3 nitrogen and oxygen atoms in total. The molecular weight excluding hydrogens is 202 g/mol. The van der Waals surface area contributed by atoms with Gasteiger partial charge in [-0.05, 0) is 31.1 Å². The average Bonchev–Trinajstić information content (AvgIpc) is 2.13. The number of primary amides is 1. The van der Waals surface area contributed by atoms with Crippen molar-refractivity contribution in [2.45, 2.75) is 72.3 Å². The van der Waals surface area contributed by atoms with Crippen LogP contribution in [-0.2, 0) is 4.74 Å². The molecule has 0 fully saturated rings. The van der Waals surface area contributed by atoms with Gasteiger partial charge in [0.1, 0.15) is 6.10 Å². The molecule has 0 aliphatic rings. The van der Waals surface area contributed by atoms with E-state index >= 15 is 0 Å². The van der Waals surface area contributed by atoms with Crippen molar-refractivity contribution in [3.8, 4) is 0 Å². The number of unbranched alkanes of at least 4 members (excludes halogenated alkanes) is 2. The molecule has 0 saturated heterocycles. The van der Waals surface area contributed by atoms with Crippen molar-refractivity contribution in [2.24, 2.45) is 11.1 Å². The van der Waals surface area contributed by atoms with Gasteiger partial charge >= 0.3 is 6.09 Å². The van der Waals surface area contributed by atoms with Gasteiger partial charge in [0.15, 0.2) is 0 Å². The van der Waals surface area contributed by atoms with Gasteiger partial charge in [0.05, 0.1) is 0 Å². The first-order chi connectivity index (χ1) is 7.35. The number of hydrogen-bond acceptors (Lipinski definition) is 2. The third-order valence-electron chi connectivity index (χ3n) is 2.69. The van der Waals surface area contributed by atoms with E-state index in [0.717, 1.165) is 19.3 Å². The molecule has 0 heterocycles. The predicted molar refractivity (Wildman–Crippen MR) is 67.3 cm³/mol. The normalized spacial score (nSPS) is 13.5. The van der Waals surface area contributed by atoms with Crippen LogP contribution >= 0.6 is 0 Å². The van der Waals surface area contributed by atoms with Crippen LogP contribution in [0.4, 0.5) is 4.79 Å². The molecular formula is C13H27NO2. The molecule has 96 valence electrons. The zero-order valence-corrected chi connectivity index (χ0v) is 11.2. The van der Waals surface area contributed by atoms with Crippen molar-refractivity contribution in [2.75, 3.05) is 0 Å². The summed E-state index contributed by atoms with van der Waals surface area (Å²) in [7, 11) is 0. The lowest BCUT2D eigenvalue weighted by atomic mass is 9.89. The number of rotatable bonds is 7. The zero-order chi connectivity index (χ0) is 12.6. The highest BCUT2D eigenvalue weighted by molar-refractivity contribution is 5.64. The van der Waals surface area contributed by atoms with Gasteiger partial charge in [-0.3, -0.25) is 0 Å². The Morgan fingerprint density at radius 3 is 2.31 bits per heavy atom. The molecule has 1 unspecified atom stereocenters. The molecule has 0 aromatic carbocycles. The Hall–Kier alpha value is -0.730. The van der Waals surface area contributed by atoms with E-state index in [1.807, 2.05) is 6.92 Å². The second kappa shape index (κ2) is 7.53. The highest BCUT2D eigenvalue weighted by Gasteiger charge is 2.11. The Balaban J connectivity index is 3.52. The number of hydrogen-bond donors (Lipinski definition) is 1. The quantitative estimate of drug-likeness (QED) is 0.674. The van der Waals surface area contributed by atoms with Gasteiger partial charge < -0.3 is 10.5 Å². The maximum absolute atomic E-state index is 10.6. The van der Waals surface area contributed by atoms with Gasteiger partial charge in [-0.15, -0.1) is 0 Å². The summed E-state index contributed by atoms with van der Waals surface area (Å²) in [5, 5.41) is 0. The van der Waals surface area contributed by atoms with Crippen LogP contribution in [0.3, 0.4) is 0 Å². The van der Waals surface area contributed by atoms with Gasteiger partial charge in [-0.1, -0.05) is 40.5 Å². The zero-order valence-electron chi connectivity index (χ0n) is 11.2.